The fourth-order valence-electron chi connectivity index (χ4n) is 2.11. The van der Waals surface area contributed by atoms with E-state index in [0.29, 0.717) is 12.1 Å². The lowest BCUT2D eigenvalue weighted by atomic mass is 10.1. The molecule has 2 rings (SSSR count). The number of amides is 2. The van der Waals surface area contributed by atoms with Gasteiger partial charge in [0.25, 0.3) is 0 Å². The fraction of sp³-hybridized carbons (Fsp3) is 0.438. The number of halogens is 2. The van der Waals surface area contributed by atoms with Crippen LogP contribution >= 0.6 is 23.2 Å². The summed E-state index contributed by atoms with van der Waals surface area (Å²) >= 11 is 12.0. The van der Waals surface area contributed by atoms with Gasteiger partial charge in [-0.2, -0.15) is 0 Å². The highest BCUT2D eigenvalue weighted by atomic mass is 35.5. The van der Waals surface area contributed by atoms with Crippen molar-refractivity contribution in [3.05, 3.63) is 29.8 Å². The molecule has 0 bridgehead atoms. The summed E-state index contributed by atoms with van der Waals surface area (Å²) in [5.41, 5.74) is 0.552. The Hall–Kier alpha value is -1.79. The zero-order chi connectivity index (χ0) is 18.0. The Morgan fingerprint density at radius 3 is 2.29 bits per heavy atom. The Morgan fingerprint density at radius 1 is 1.21 bits per heavy atom. The number of esters is 1. The summed E-state index contributed by atoms with van der Waals surface area (Å²) in [6.07, 6.45) is 0.531. The van der Waals surface area contributed by atoms with Gasteiger partial charge >= 0.3 is 5.97 Å². The number of hydrogen-bond acceptors (Lipinski definition) is 4. The van der Waals surface area contributed by atoms with Crippen LogP contribution in [-0.2, 0) is 25.5 Å². The molecule has 1 aromatic rings. The summed E-state index contributed by atoms with van der Waals surface area (Å²) in [6, 6.07) is 6.82. The van der Waals surface area contributed by atoms with Crippen molar-refractivity contribution in [1.82, 2.24) is 5.32 Å². The molecule has 0 aliphatic heterocycles. The Labute approximate surface area is 149 Å². The Kier molecular flexibility index (Phi) is 5.40. The van der Waals surface area contributed by atoms with Gasteiger partial charge in [-0.15, -0.1) is 23.2 Å². The molecule has 0 unspecified atom stereocenters. The van der Waals surface area contributed by atoms with Crippen molar-refractivity contribution in [2.24, 2.45) is 5.41 Å². The van der Waals surface area contributed by atoms with Gasteiger partial charge in [-0.3, -0.25) is 14.4 Å². The molecule has 0 heterocycles. The van der Waals surface area contributed by atoms with Crippen LogP contribution in [0.25, 0.3) is 0 Å². The average molecular weight is 373 g/mol. The lowest BCUT2D eigenvalue weighted by Gasteiger charge is -2.13. The van der Waals surface area contributed by atoms with Crippen molar-refractivity contribution in [3.63, 3.8) is 0 Å². The van der Waals surface area contributed by atoms with Crippen molar-refractivity contribution < 1.29 is 19.1 Å². The molecule has 0 aromatic heterocycles. The second-order valence-electron chi connectivity index (χ2n) is 5.89. The van der Waals surface area contributed by atoms with E-state index in [0.717, 1.165) is 5.56 Å². The first kappa shape index (κ1) is 18.5. The highest BCUT2D eigenvalue weighted by Crippen LogP contribution is 2.64. The molecule has 1 aromatic carbocycles. The number of ether oxygens (including phenoxy) is 1. The van der Waals surface area contributed by atoms with E-state index < -0.39 is 15.7 Å². The molecule has 1 fully saturated rings. The molecule has 130 valence electrons. The van der Waals surface area contributed by atoms with Crippen LogP contribution in [0.15, 0.2) is 24.3 Å². The minimum atomic E-state index is -1.02. The van der Waals surface area contributed by atoms with Crippen LogP contribution in [0.4, 0.5) is 5.69 Å². The predicted molar refractivity (Wildman–Crippen MR) is 91.0 cm³/mol. The van der Waals surface area contributed by atoms with E-state index in [1.165, 1.54) is 7.11 Å². The lowest BCUT2D eigenvalue weighted by Crippen LogP contribution is -2.31. The summed E-state index contributed by atoms with van der Waals surface area (Å²) in [7, 11) is 1.25. The number of hydrogen-bond donors (Lipinski definition) is 2. The van der Waals surface area contributed by atoms with Crippen molar-refractivity contribution in [2.45, 2.75) is 24.1 Å². The normalized spacial score (nSPS) is 20.8. The number of methoxy groups -OCH3 is 1. The van der Waals surface area contributed by atoms with Crippen LogP contribution in [0.5, 0.6) is 0 Å². The van der Waals surface area contributed by atoms with Crippen molar-refractivity contribution in [3.8, 4) is 0 Å². The third-order valence-electron chi connectivity index (χ3n) is 3.99. The van der Waals surface area contributed by atoms with E-state index in [9.17, 15) is 14.4 Å². The topological polar surface area (TPSA) is 84.5 Å². The molecule has 0 saturated heterocycles. The number of carbonyl (C=O) groups excluding carboxylic acids is 3. The average Bonchev–Trinajstić information content (AvgIpc) is 3.06. The molecule has 2 N–H and O–H groups in total. The van der Waals surface area contributed by atoms with Gasteiger partial charge in [0, 0.05) is 5.69 Å². The van der Waals surface area contributed by atoms with E-state index in [-0.39, 0.29) is 24.8 Å². The molecule has 24 heavy (non-hydrogen) atoms. The van der Waals surface area contributed by atoms with Gasteiger partial charge in [0.15, 0.2) is 0 Å². The summed E-state index contributed by atoms with van der Waals surface area (Å²) in [4.78, 5) is 34.8. The molecule has 2 amide bonds. The first-order chi connectivity index (χ1) is 11.2. The zero-order valence-corrected chi connectivity index (χ0v) is 14.8. The molecule has 1 aliphatic rings. The van der Waals surface area contributed by atoms with Gasteiger partial charge in [0.2, 0.25) is 11.8 Å². The zero-order valence-electron chi connectivity index (χ0n) is 13.3. The molecule has 0 radical (unpaired) electrons. The van der Waals surface area contributed by atoms with E-state index in [1.807, 2.05) is 0 Å². The van der Waals surface area contributed by atoms with Crippen LogP contribution in [0.2, 0.25) is 0 Å². The second-order valence-corrected chi connectivity index (χ2v) is 7.38. The molecule has 6 nitrogen and oxygen atoms in total. The van der Waals surface area contributed by atoms with Gasteiger partial charge in [0.1, 0.15) is 10.9 Å². The van der Waals surface area contributed by atoms with Crippen molar-refractivity contribution in [1.29, 1.82) is 0 Å². The van der Waals surface area contributed by atoms with Gasteiger partial charge in [0.05, 0.1) is 18.9 Å². The monoisotopic (exact) mass is 372 g/mol. The van der Waals surface area contributed by atoms with E-state index in [1.54, 1.807) is 31.2 Å². The van der Waals surface area contributed by atoms with Crippen LogP contribution < -0.4 is 10.6 Å². The number of anilines is 1. The predicted octanol–water partition coefficient (Wildman–Crippen LogP) is 2.04. The number of benzene rings is 1. The second kappa shape index (κ2) is 6.99. The molecular weight excluding hydrogens is 355 g/mol. The van der Waals surface area contributed by atoms with Crippen LogP contribution in [0.1, 0.15) is 18.9 Å². The molecule has 0 spiro atoms. The fourth-order valence-corrected chi connectivity index (χ4v) is 2.82. The third-order valence-corrected chi connectivity index (χ3v) is 5.09. The maximum absolute atomic E-state index is 12.2. The lowest BCUT2D eigenvalue weighted by molar-refractivity contribution is -0.141. The van der Waals surface area contributed by atoms with E-state index >= 15 is 0 Å². The van der Waals surface area contributed by atoms with Crippen LogP contribution in [0, 0.1) is 5.41 Å². The van der Waals surface area contributed by atoms with Gasteiger partial charge in [-0.05, 0) is 31.0 Å². The largest absolute Gasteiger partial charge is 0.468 e. The molecular formula is C16H18Cl2N2O4. The smallest absolute Gasteiger partial charge is 0.325 e. The first-order valence-corrected chi connectivity index (χ1v) is 8.05. The van der Waals surface area contributed by atoms with E-state index in [2.05, 4.69) is 15.4 Å². The highest BCUT2D eigenvalue weighted by Gasteiger charge is 2.67. The van der Waals surface area contributed by atoms with E-state index in [4.69, 9.17) is 23.2 Å². The summed E-state index contributed by atoms with van der Waals surface area (Å²) in [5, 5.41) is 5.21. The maximum Gasteiger partial charge on any atom is 0.325 e. The van der Waals surface area contributed by atoms with Gasteiger partial charge < -0.3 is 15.4 Å². The van der Waals surface area contributed by atoms with Gasteiger partial charge in [-0.25, -0.2) is 0 Å². The molecule has 1 aliphatic carbocycles. The third kappa shape index (κ3) is 4.19. The highest BCUT2D eigenvalue weighted by molar-refractivity contribution is 6.53. The first-order valence-electron chi connectivity index (χ1n) is 7.30. The Bertz CT molecular complexity index is 661. The number of alkyl halides is 2. The molecule has 1 atom stereocenters. The quantitative estimate of drug-likeness (QED) is 0.591. The van der Waals surface area contributed by atoms with Crippen LogP contribution in [-0.4, -0.2) is 35.8 Å². The number of carbonyl (C=O) groups is 3. The standard InChI is InChI=1S/C16H18Cl2N2O4/c1-15(9-16(15,17)18)14(23)20-11-5-3-10(4-6-11)7-12(21)19-8-13(22)24-2/h3-6H,7-9H2,1-2H3,(H,19,21)(H,20,23)/t15-/m1/s1. The Balaban J connectivity index is 1.86. The van der Waals surface area contributed by atoms with Crippen LogP contribution in [0.3, 0.4) is 0 Å². The summed E-state index contributed by atoms with van der Waals surface area (Å²) in [6.45, 7) is 1.54. The molecule has 1 saturated carbocycles. The minimum Gasteiger partial charge on any atom is -0.468 e. The number of nitrogens with one attached hydrogen (secondary N) is 2. The Morgan fingerprint density at radius 2 is 1.79 bits per heavy atom. The van der Waals surface area contributed by atoms with Crippen molar-refractivity contribution >= 4 is 46.7 Å². The van der Waals surface area contributed by atoms with Gasteiger partial charge in [-0.1, -0.05) is 12.1 Å². The SMILES string of the molecule is COC(=O)CNC(=O)Cc1ccc(NC(=O)[C@@]2(C)CC2(Cl)Cl)cc1. The maximum atomic E-state index is 12.2. The minimum absolute atomic E-state index is 0.120. The summed E-state index contributed by atoms with van der Waals surface area (Å²) in [5.74, 6) is -1.04. The van der Waals surface area contributed by atoms with Crippen molar-refractivity contribution in [2.75, 3.05) is 19.0 Å². The number of rotatable bonds is 6. The molecule has 8 heteroatoms. The summed E-state index contributed by atoms with van der Waals surface area (Å²) < 4.78 is 3.42.